The molecule has 0 saturated heterocycles. The van der Waals surface area contributed by atoms with Crippen LogP contribution in [0.25, 0.3) is 11.4 Å². The standard InChI is InChI=1S/C36H46N4O3S/c1-32-13-8-25(41)20-34(32)16-17-36(26(21-34)29(42)23-6-4-3-5-7-23)27(32)9-14-33(2)28(36)10-15-35(33,43)22-44-31-38-30(39-40-31)24-11-18-37-19-12-24/h11-12,16-19,21,23,25,27-28,41,43H,3-10,13-15,20,22H2,1-2H3,(H,38,39,40). The number of hydrogen-bond donors (Lipinski definition) is 3. The molecule has 2 aromatic rings. The molecule has 2 heterocycles. The van der Waals surface area contributed by atoms with E-state index in [0.29, 0.717) is 34.9 Å². The van der Waals surface area contributed by atoms with Gasteiger partial charge in [-0.15, -0.1) is 5.10 Å². The number of ketones is 1. The lowest BCUT2D eigenvalue weighted by Crippen LogP contribution is -2.67. The van der Waals surface area contributed by atoms with Gasteiger partial charge in [-0.1, -0.05) is 63.1 Å². The summed E-state index contributed by atoms with van der Waals surface area (Å²) in [6.07, 6.45) is 22.0. The van der Waals surface area contributed by atoms with Gasteiger partial charge in [0.25, 0.3) is 0 Å². The van der Waals surface area contributed by atoms with Crippen molar-refractivity contribution in [3.05, 3.63) is 48.3 Å². The summed E-state index contributed by atoms with van der Waals surface area (Å²) in [5.74, 6) is 2.26. The minimum absolute atomic E-state index is 0.0104. The fraction of sp³-hybridized carbons (Fsp3) is 0.667. The molecule has 0 aromatic carbocycles. The van der Waals surface area contributed by atoms with Gasteiger partial charge in [0, 0.05) is 51.4 Å². The number of rotatable bonds is 6. The quantitative estimate of drug-likeness (QED) is 0.245. The van der Waals surface area contributed by atoms with Gasteiger partial charge in [-0.25, -0.2) is 4.98 Å². The van der Waals surface area contributed by atoms with E-state index in [-0.39, 0.29) is 39.6 Å². The maximum Gasteiger partial charge on any atom is 0.208 e. The van der Waals surface area contributed by atoms with Crippen molar-refractivity contribution in [2.24, 2.45) is 39.4 Å². The minimum Gasteiger partial charge on any atom is -0.393 e. The molecule has 2 spiro atoms. The van der Waals surface area contributed by atoms with Gasteiger partial charge in [0.15, 0.2) is 11.6 Å². The van der Waals surface area contributed by atoms with E-state index >= 15 is 0 Å². The molecule has 234 valence electrons. The van der Waals surface area contributed by atoms with Crippen molar-refractivity contribution in [1.29, 1.82) is 0 Å². The van der Waals surface area contributed by atoms with Crippen molar-refractivity contribution in [1.82, 2.24) is 20.2 Å². The third-order valence-electron chi connectivity index (χ3n) is 13.8. The zero-order valence-corrected chi connectivity index (χ0v) is 26.9. The van der Waals surface area contributed by atoms with Crippen molar-refractivity contribution in [3.8, 4) is 11.4 Å². The number of carbonyl (C=O) groups excluding carboxylic acids is 1. The topological polar surface area (TPSA) is 112 Å². The van der Waals surface area contributed by atoms with Gasteiger partial charge in [-0.3, -0.25) is 14.9 Å². The first-order valence-corrected chi connectivity index (χ1v) is 18.0. The van der Waals surface area contributed by atoms with Gasteiger partial charge in [0.05, 0.1) is 11.7 Å². The highest BCUT2D eigenvalue weighted by Gasteiger charge is 2.74. The first kappa shape index (κ1) is 29.1. The Morgan fingerprint density at radius 2 is 1.70 bits per heavy atom. The predicted octanol–water partition coefficient (Wildman–Crippen LogP) is 6.70. The van der Waals surface area contributed by atoms with Gasteiger partial charge in [0.2, 0.25) is 5.16 Å². The molecule has 3 N–H and O–H groups in total. The number of nitrogens with one attached hydrogen (secondary N) is 1. The number of thioether (sulfide) groups is 1. The van der Waals surface area contributed by atoms with Crippen LogP contribution in [-0.2, 0) is 4.79 Å². The number of pyridine rings is 1. The van der Waals surface area contributed by atoms with Crippen LogP contribution >= 0.6 is 11.8 Å². The zero-order chi connectivity index (χ0) is 30.4. The number of allylic oxidation sites excluding steroid dienone is 4. The van der Waals surface area contributed by atoms with E-state index in [9.17, 15) is 15.0 Å². The van der Waals surface area contributed by atoms with Crippen molar-refractivity contribution < 1.29 is 15.0 Å². The molecule has 8 atom stereocenters. The van der Waals surface area contributed by atoms with Gasteiger partial charge >= 0.3 is 0 Å². The Balaban J connectivity index is 1.14. The molecule has 44 heavy (non-hydrogen) atoms. The van der Waals surface area contributed by atoms with E-state index in [1.54, 1.807) is 12.4 Å². The number of aliphatic hydroxyl groups is 2. The summed E-state index contributed by atoms with van der Waals surface area (Å²) < 4.78 is 0. The Morgan fingerprint density at radius 1 is 0.977 bits per heavy atom. The molecule has 2 aromatic heterocycles. The van der Waals surface area contributed by atoms with Crippen LogP contribution < -0.4 is 0 Å². The molecule has 4 saturated carbocycles. The van der Waals surface area contributed by atoms with E-state index in [1.807, 2.05) is 12.1 Å². The second kappa shape index (κ2) is 10.1. The molecule has 0 aliphatic heterocycles. The average molecular weight is 615 g/mol. The Hall–Kier alpha value is -2.29. The van der Waals surface area contributed by atoms with Crippen LogP contribution in [0.2, 0.25) is 0 Å². The summed E-state index contributed by atoms with van der Waals surface area (Å²) in [6.45, 7) is 4.78. The number of Topliss-reactive ketones (excluding diaryl/α,β-unsaturated/α-hetero) is 1. The molecular weight excluding hydrogens is 568 g/mol. The number of H-pyrrole nitrogens is 1. The summed E-state index contributed by atoms with van der Waals surface area (Å²) in [6, 6.07) is 3.82. The van der Waals surface area contributed by atoms with Gasteiger partial charge < -0.3 is 10.2 Å². The molecule has 8 unspecified atom stereocenters. The predicted molar refractivity (Wildman–Crippen MR) is 170 cm³/mol. The van der Waals surface area contributed by atoms with Gasteiger partial charge in [-0.05, 0) is 87.2 Å². The SMILES string of the molecule is CC12CCC(O)CC13C=CC1(C(C(=O)C4CCCCC4)=C3)C2CCC2(C)C1CCC2(O)CSc1n[nH]c(-c2ccncc2)n1. The van der Waals surface area contributed by atoms with Gasteiger partial charge in [0.1, 0.15) is 0 Å². The molecule has 7 aliphatic carbocycles. The molecule has 2 bridgehead atoms. The Morgan fingerprint density at radius 3 is 2.50 bits per heavy atom. The lowest BCUT2D eigenvalue weighted by molar-refractivity contribution is -0.171. The Bertz CT molecular complexity index is 1520. The molecule has 8 heteroatoms. The molecule has 0 amide bonds. The van der Waals surface area contributed by atoms with Crippen LogP contribution in [-0.4, -0.2) is 53.6 Å². The summed E-state index contributed by atoms with van der Waals surface area (Å²) in [5, 5.41) is 31.7. The van der Waals surface area contributed by atoms with Crippen molar-refractivity contribution in [3.63, 3.8) is 0 Å². The van der Waals surface area contributed by atoms with Crippen LogP contribution in [0.1, 0.15) is 90.9 Å². The van der Waals surface area contributed by atoms with Crippen LogP contribution in [0, 0.1) is 39.4 Å². The molecule has 4 fully saturated rings. The van der Waals surface area contributed by atoms with E-state index in [4.69, 9.17) is 4.98 Å². The highest BCUT2D eigenvalue weighted by atomic mass is 32.2. The first-order chi connectivity index (χ1) is 21.1. The van der Waals surface area contributed by atoms with E-state index in [0.717, 1.165) is 75.3 Å². The second-order valence-electron chi connectivity index (χ2n) is 15.5. The van der Waals surface area contributed by atoms with Crippen molar-refractivity contribution in [2.45, 2.75) is 108 Å². The number of nitrogens with zero attached hydrogens (tertiary/aromatic N) is 3. The zero-order valence-electron chi connectivity index (χ0n) is 26.1. The maximum atomic E-state index is 14.7. The average Bonchev–Trinajstić information content (AvgIpc) is 3.63. The highest BCUT2D eigenvalue weighted by Crippen LogP contribution is 2.78. The third-order valence-corrected chi connectivity index (χ3v) is 14.9. The van der Waals surface area contributed by atoms with Crippen LogP contribution in [0.3, 0.4) is 0 Å². The number of aromatic nitrogens is 4. The monoisotopic (exact) mass is 614 g/mol. The lowest BCUT2D eigenvalue weighted by atomic mass is 9.32. The first-order valence-electron chi connectivity index (χ1n) is 17.0. The van der Waals surface area contributed by atoms with Crippen LogP contribution in [0.15, 0.2) is 53.5 Å². The second-order valence-corrected chi connectivity index (χ2v) is 16.4. The van der Waals surface area contributed by atoms with Crippen molar-refractivity contribution >= 4 is 17.5 Å². The molecule has 0 radical (unpaired) electrons. The van der Waals surface area contributed by atoms with Crippen molar-refractivity contribution in [2.75, 3.05) is 5.75 Å². The fourth-order valence-electron chi connectivity index (χ4n) is 11.3. The fourth-order valence-corrected chi connectivity index (χ4v) is 12.4. The Kier molecular flexibility index (Phi) is 6.69. The van der Waals surface area contributed by atoms with Gasteiger partial charge in [-0.2, -0.15) is 0 Å². The van der Waals surface area contributed by atoms with E-state index < -0.39 is 5.60 Å². The van der Waals surface area contributed by atoms with Crippen LogP contribution in [0.4, 0.5) is 0 Å². The van der Waals surface area contributed by atoms with E-state index in [1.165, 1.54) is 18.2 Å². The number of aliphatic hydroxyl groups excluding tert-OH is 1. The summed E-state index contributed by atoms with van der Waals surface area (Å²) >= 11 is 1.53. The number of carbonyl (C=O) groups is 1. The number of hydrogen-bond acceptors (Lipinski definition) is 7. The largest absolute Gasteiger partial charge is 0.393 e. The smallest absolute Gasteiger partial charge is 0.208 e. The maximum absolute atomic E-state index is 14.7. The molecular formula is C36H46N4O3S. The normalized spacial score (nSPS) is 42.8. The number of aromatic amines is 1. The third kappa shape index (κ3) is 3.89. The highest BCUT2D eigenvalue weighted by molar-refractivity contribution is 7.99. The van der Waals surface area contributed by atoms with Crippen LogP contribution in [0.5, 0.6) is 0 Å². The lowest BCUT2D eigenvalue weighted by Gasteiger charge is -2.71. The number of fused-ring (bicyclic) bond motifs is 1. The minimum atomic E-state index is -0.887. The summed E-state index contributed by atoms with van der Waals surface area (Å²) in [4.78, 5) is 23.5. The summed E-state index contributed by atoms with van der Waals surface area (Å²) in [5.41, 5.74) is 0.165. The van der Waals surface area contributed by atoms with E-state index in [2.05, 4.69) is 47.3 Å². The summed E-state index contributed by atoms with van der Waals surface area (Å²) in [7, 11) is 0. The molecule has 7 aliphatic rings. The molecule has 7 nitrogen and oxygen atoms in total. The molecule has 9 rings (SSSR count). The Labute approximate surface area is 264 Å².